The lowest BCUT2D eigenvalue weighted by molar-refractivity contribution is -0.122. The molecule has 1 aromatic heterocycles. The molecule has 0 spiro atoms. The topological polar surface area (TPSA) is 114 Å². The van der Waals surface area contributed by atoms with Crippen molar-refractivity contribution < 1.29 is 22.7 Å². The van der Waals surface area contributed by atoms with Crippen molar-refractivity contribution in [2.75, 3.05) is 12.9 Å². The van der Waals surface area contributed by atoms with E-state index in [1.807, 2.05) is 0 Å². The lowest BCUT2D eigenvalue weighted by Gasteiger charge is -2.08. The SMILES string of the molecule is CS(=O)(=O)c1ccc(OCCCC(=O)NNC(=O)c2ccccn2)cc1. The monoisotopic (exact) mass is 377 g/mol. The molecule has 0 saturated heterocycles. The molecule has 1 aromatic carbocycles. The second-order valence-corrected chi connectivity index (χ2v) is 7.43. The van der Waals surface area contributed by atoms with Crippen LogP contribution >= 0.6 is 0 Å². The molecule has 1 heterocycles. The van der Waals surface area contributed by atoms with Crippen LogP contribution in [0.15, 0.2) is 53.6 Å². The molecule has 0 saturated carbocycles. The summed E-state index contributed by atoms with van der Waals surface area (Å²) in [6, 6.07) is 10.9. The smallest absolute Gasteiger partial charge is 0.288 e. The van der Waals surface area contributed by atoms with Gasteiger partial charge < -0.3 is 4.74 Å². The predicted octanol–water partition coefficient (Wildman–Crippen LogP) is 1.11. The van der Waals surface area contributed by atoms with Gasteiger partial charge >= 0.3 is 0 Å². The van der Waals surface area contributed by atoms with Crippen LogP contribution in [-0.4, -0.2) is 38.1 Å². The molecule has 2 amide bonds. The van der Waals surface area contributed by atoms with Crippen molar-refractivity contribution in [3.05, 3.63) is 54.4 Å². The molecule has 0 fully saturated rings. The van der Waals surface area contributed by atoms with E-state index in [1.54, 1.807) is 24.3 Å². The van der Waals surface area contributed by atoms with Gasteiger partial charge in [0.15, 0.2) is 9.84 Å². The normalized spacial score (nSPS) is 10.8. The van der Waals surface area contributed by atoms with E-state index in [0.29, 0.717) is 12.2 Å². The quantitative estimate of drug-likeness (QED) is 0.552. The molecular weight excluding hydrogens is 358 g/mol. The number of pyridine rings is 1. The summed E-state index contributed by atoms with van der Waals surface area (Å²) in [4.78, 5) is 27.5. The molecule has 2 N–H and O–H groups in total. The first-order chi connectivity index (χ1) is 12.4. The highest BCUT2D eigenvalue weighted by molar-refractivity contribution is 7.90. The van der Waals surface area contributed by atoms with Gasteiger partial charge in [-0.1, -0.05) is 6.07 Å². The maximum Gasteiger partial charge on any atom is 0.288 e. The van der Waals surface area contributed by atoms with Crippen molar-refractivity contribution in [1.29, 1.82) is 0 Å². The largest absolute Gasteiger partial charge is 0.494 e. The van der Waals surface area contributed by atoms with E-state index in [4.69, 9.17) is 4.74 Å². The Morgan fingerprint density at radius 1 is 1.08 bits per heavy atom. The van der Waals surface area contributed by atoms with Crippen LogP contribution in [0.4, 0.5) is 0 Å². The first-order valence-corrected chi connectivity index (χ1v) is 9.68. The van der Waals surface area contributed by atoms with Gasteiger partial charge in [-0.2, -0.15) is 0 Å². The first-order valence-electron chi connectivity index (χ1n) is 7.79. The minimum absolute atomic E-state index is 0.157. The zero-order valence-corrected chi connectivity index (χ0v) is 15.0. The van der Waals surface area contributed by atoms with Crippen molar-refractivity contribution in [2.24, 2.45) is 0 Å². The van der Waals surface area contributed by atoms with E-state index in [0.717, 1.165) is 6.26 Å². The average Bonchev–Trinajstić information content (AvgIpc) is 2.63. The highest BCUT2D eigenvalue weighted by Crippen LogP contribution is 2.16. The summed E-state index contributed by atoms with van der Waals surface area (Å²) in [5.74, 6) is -0.340. The molecule has 2 aromatic rings. The number of nitrogens with zero attached hydrogens (tertiary/aromatic N) is 1. The van der Waals surface area contributed by atoms with E-state index < -0.39 is 15.7 Å². The number of carbonyl (C=O) groups is 2. The summed E-state index contributed by atoms with van der Waals surface area (Å²) >= 11 is 0. The maximum absolute atomic E-state index is 11.7. The van der Waals surface area contributed by atoms with Gasteiger partial charge in [0.1, 0.15) is 11.4 Å². The molecular formula is C17H19N3O5S. The molecule has 138 valence electrons. The standard InChI is InChI=1S/C17H19N3O5S/c1-26(23,24)14-9-7-13(8-10-14)25-12-4-6-16(21)19-20-17(22)15-5-2-3-11-18-15/h2-3,5,7-11H,4,6,12H2,1H3,(H,19,21)(H,20,22). The highest BCUT2D eigenvalue weighted by atomic mass is 32.2. The summed E-state index contributed by atoms with van der Waals surface area (Å²) < 4.78 is 28.2. The number of hydrogen-bond donors (Lipinski definition) is 2. The number of aromatic nitrogens is 1. The summed E-state index contributed by atoms with van der Waals surface area (Å²) in [6.45, 7) is 0.278. The van der Waals surface area contributed by atoms with Crippen LogP contribution < -0.4 is 15.6 Å². The molecule has 0 aliphatic carbocycles. The number of hydrogen-bond acceptors (Lipinski definition) is 6. The molecule has 9 heteroatoms. The second kappa shape index (κ2) is 8.95. The number of rotatable bonds is 7. The minimum atomic E-state index is -3.24. The average molecular weight is 377 g/mol. The van der Waals surface area contributed by atoms with E-state index in [9.17, 15) is 18.0 Å². The number of amides is 2. The Morgan fingerprint density at radius 2 is 1.81 bits per heavy atom. The summed E-state index contributed by atoms with van der Waals surface area (Å²) in [5, 5.41) is 0. The number of sulfone groups is 1. The van der Waals surface area contributed by atoms with Gasteiger partial charge in [0, 0.05) is 18.9 Å². The van der Waals surface area contributed by atoms with Crippen LogP contribution in [0.25, 0.3) is 0 Å². The zero-order valence-electron chi connectivity index (χ0n) is 14.1. The molecule has 0 unspecified atom stereocenters. The van der Waals surface area contributed by atoms with E-state index in [-0.39, 0.29) is 29.5 Å². The molecule has 0 radical (unpaired) electrons. The molecule has 26 heavy (non-hydrogen) atoms. The summed E-state index contributed by atoms with van der Waals surface area (Å²) in [6.07, 6.45) is 3.20. The van der Waals surface area contributed by atoms with Crippen molar-refractivity contribution in [1.82, 2.24) is 15.8 Å². The molecule has 0 bridgehead atoms. The van der Waals surface area contributed by atoms with Crippen molar-refractivity contribution in [3.8, 4) is 5.75 Å². The Labute approximate surface area is 151 Å². The Balaban J connectivity index is 1.66. The second-order valence-electron chi connectivity index (χ2n) is 5.41. The van der Waals surface area contributed by atoms with E-state index in [1.165, 1.54) is 24.4 Å². The zero-order chi connectivity index (χ0) is 19.0. The fourth-order valence-electron chi connectivity index (χ4n) is 1.96. The highest BCUT2D eigenvalue weighted by Gasteiger charge is 2.08. The Kier molecular flexibility index (Phi) is 6.67. The molecule has 8 nitrogen and oxygen atoms in total. The van der Waals surface area contributed by atoms with Crippen LogP contribution in [-0.2, 0) is 14.6 Å². The molecule has 0 aliphatic heterocycles. The van der Waals surface area contributed by atoms with Gasteiger partial charge in [0.05, 0.1) is 11.5 Å². The van der Waals surface area contributed by atoms with Crippen LogP contribution in [0.3, 0.4) is 0 Å². The number of carbonyl (C=O) groups excluding carboxylic acids is 2. The van der Waals surface area contributed by atoms with Crippen molar-refractivity contribution >= 4 is 21.7 Å². The van der Waals surface area contributed by atoms with Crippen molar-refractivity contribution in [3.63, 3.8) is 0 Å². The third kappa shape index (κ3) is 6.17. The Hall–Kier alpha value is -2.94. The minimum Gasteiger partial charge on any atom is -0.494 e. The fourth-order valence-corrected chi connectivity index (χ4v) is 2.59. The Morgan fingerprint density at radius 3 is 2.42 bits per heavy atom. The molecule has 2 rings (SSSR count). The van der Waals surface area contributed by atoms with Gasteiger partial charge in [-0.3, -0.25) is 25.4 Å². The molecule has 0 atom stereocenters. The summed E-state index contributed by atoms with van der Waals surface area (Å²) in [7, 11) is -3.24. The van der Waals surface area contributed by atoms with Gasteiger partial charge in [-0.05, 0) is 42.8 Å². The Bertz CT molecular complexity index is 852. The van der Waals surface area contributed by atoms with E-state index >= 15 is 0 Å². The van der Waals surface area contributed by atoms with Gasteiger partial charge in [-0.15, -0.1) is 0 Å². The number of benzene rings is 1. The number of hydrazine groups is 1. The number of nitrogens with one attached hydrogen (secondary N) is 2. The lowest BCUT2D eigenvalue weighted by Crippen LogP contribution is -2.41. The fraction of sp³-hybridized carbons (Fsp3) is 0.235. The van der Waals surface area contributed by atoms with Crippen molar-refractivity contribution in [2.45, 2.75) is 17.7 Å². The van der Waals surface area contributed by atoms with Gasteiger partial charge in [-0.25, -0.2) is 8.42 Å². The third-order valence-electron chi connectivity index (χ3n) is 3.28. The van der Waals surface area contributed by atoms with Crippen LogP contribution in [0.5, 0.6) is 5.75 Å². The third-order valence-corrected chi connectivity index (χ3v) is 4.41. The van der Waals surface area contributed by atoms with Gasteiger partial charge in [0.25, 0.3) is 5.91 Å². The van der Waals surface area contributed by atoms with Crippen LogP contribution in [0.1, 0.15) is 23.3 Å². The number of ether oxygens (including phenoxy) is 1. The van der Waals surface area contributed by atoms with E-state index in [2.05, 4.69) is 15.8 Å². The first kappa shape index (κ1) is 19.4. The molecule has 0 aliphatic rings. The maximum atomic E-state index is 11.7. The lowest BCUT2D eigenvalue weighted by atomic mass is 10.3. The van der Waals surface area contributed by atoms with Crippen LogP contribution in [0, 0.1) is 0 Å². The predicted molar refractivity (Wildman–Crippen MR) is 94.1 cm³/mol. The van der Waals surface area contributed by atoms with Crippen LogP contribution in [0.2, 0.25) is 0 Å². The van der Waals surface area contributed by atoms with Gasteiger partial charge in [0.2, 0.25) is 5.91 Å². The summed E-state index contributed by atoms with van der Waals surface area (Å²) in [5.41, 5.74) is 4.78.